The van der Waals surface area contributed by atoms with Crippen molar-refractivity contribution in [1.29, 1.82) is 0 Å². The smallest absolute Gasteiger partial charge is 0.294 e. The number of benzene rings is 2. The van der Waals surface area contributed by atoms with Crippen LogP contribution in [0, 0.1) is 16.0 Å². The molecule has 0 aliphatic heterocycles. The van der Waals surface area contributed by atoms with Gasteiger partial charge < -0.3 is 5.73 Å². The fraction of sp³-hybridized carbons (Fsp3) is 0.556. The lowest BCUT2D eigenvalue weighted by atomic mass is 9.80. The third-order valence-electron chi connectivity index (χ3n) is 6.11. The van der Waals surface area contributed by atoms with Crippen molar-refractivity contribution >= 4 is 15.8 Å². The molecule has 2 rings (SSSR count). The molecule has 0 aliphatic carbocycles. The number of nitro groups is 1. The summed E-state index contributed by atoms with van der Waals surface area (Å²) in [6, 6.07) is 15.0. The topological polar surface area (TPSA) is 124 Å². The maximum Gasteiger partial charge on any atom is 0.294 e. The van der Waals surface area contributed by atoms with Gasteiger partial charge in [0.25, 0.3) is 15.8 Å². The molecular formula is C27H42N2O5S. The second kappa shape index (κ2) is 15.7. The molecule has 35 heavy (non-hydrogen) atoms. The Hall–Kier alpha value is -2.29. The van der Waals surface area contributed by atoms with Crippen LogP contribution in [0.5, 0.6) is 0 Å². The predicted molar refractivity (Wildman–Crippen MR) is 142 cm³/mol. The molecule has 7 nitrogen and oxygen atoms in total. The fourth-order valence-electron chi connectivity index (χ4n) is 3.92. The van der Waals surface area contributed by atoms with Crippen LogP contribution in [0.4, 0.5) is 5.69 Å². The van der Waals surface area contributed by atoms with Crippen LogP contribution in [-0.2, 0) is 16.5 Å². The summed E-state index contributed by atoms with van der Waals surface area (Å²) in [5.41, 5.74) is 7.38. The highest BCUT2D eigenvalue weighted by Crippen LogP contribution is 2.25. The van der Waals surface area contributed by atoms with Gasteiger partial charge in [-0.2, -0.15) is 8.42 Å². The van der Waals surface area contributed by atoms with Crippen LogP contribution in [0.3, 0.4) is 0 Å². The lowest BCUT2D eigenvalue weighted by Gasteiger charge is -2.31. The van der Waals surface area contributed by atoms with E-state index in [2.05, 4.69) is 51.1 Å². The number of nitrogens with two attached hydrogens (primary N) is 1. The summed E-state index contributed by atoms with van der Waals surface area (Å²) >= 11 is 0. The van der Waals surface area contributed by atoms with E-state index in [9.17, 15) is 18.5 Å². The van der Waals surface area contributed by atoms with Crippen LogP contribution < -0.4 is 5.73 Å². The summed E-state index contributed by atoms with van der Waals surface area (Å²) < 4.78 is 29.6. The van der Waals surface area contributed by atoms with Crippen LogP contribution in [0.15, 0.2) is 59.5 Å². The summed E-state index contributed by atoms with van der Waals surface area (Å²) in [5.74, 6) is 0.579. The highest BCUT2D eigenvalue weighted by atomic mass is 32.2. The predicted octanol–water partition coefficient (Wildman–Crippen LogP) is 6.95. The standard InChI is InChI=1S/C21H37N.C6H5NO5S/c1-4-5-6-7-8-9-10-14-17-20(21(2,3)22)18-19-15-12-11-13-16-19;8-7(9)5-2-1-3-6(4-5)13(10,11)12/h11-13,15-16,20H,4-10,14,17-18,22H2,1-3H3;1-4H,(H,10,11,12). The summed E-state index contributed by atoms with van der Waals surface area (Å²) in [6.45, 7) is 6.65. The molecule has 2 aromatic carbocycles. The number of rotatable bonds is 14. The molecule has 0 bridgehead atoms. The first-order chi connectivity index (χ1) is 16.4. The number of hydrogen-bond acceptors (Lipinski definition) is 5. The van der Waals surface area contributed by atoms with Crippen LogP contribution in [0.25, 0.3) is 0 Å². The first-order valence-corrected chi connectivity index (χ1v) is 13.9. The second-order valence-electron chi connectivity index (χ2n) is 9.70. The van der Waals surface area contributed by atoms with Gasteiger partial charge in [0.1, 0.15) is 4.90 Å². The van der Waals surface area contributed by atoms with Crippen molar-refractivity contribution in [2.45, 2.75) is 95.4 Å². The van der Waals surface area contributed by atoms with Crippen molar-refractivity contribution < 1.29 is 17.9 Å². The first kappa shape index (κ1) is 30.7. The zero-order chi connectivity index (χ0) is 26.3. The summed E-state index contributed by atoms with van der Waals surface area (Å²) in [4.78, 5) is 8.98. The van der Waals surface area contributed by atoms with Crippen LogP contribution >= 0.6 is 0 Å². The van der Waals surface area contributed by atoms with Gasteiger partial charge in [-0.15, -0.1) is 0 Å². The van der Waals surface area contributed by atoms with Gasteiger partial charge >= 0.3 is 0 Å². The van der Waals surface area contributed by atoms with E-state index in [1.54, 1.807) is 0 Å². The Morgan fingerprint density at radius 2 is 1.51 bits per heavy atom. The van der Waals surface area contributed by atoms with E-state index >= 15 is 0 Å². The second-order valence-corrected chi connectivity index (χ2v) is 11.1. The molecule has 2 aromatic rings. The fourth-order valence-corrected chi connectivity index (χ4v) is 4.44. The molecule has 1 atom stereocenters. The normalized spacial score (nSPS) is 12.5. The van der Waals surface area contributed by atoms with Gasteiger partial charge in [0.15, 0.2) is 0 Å². The molecule has 196 valence electrons. The van der Waals surface area contributed by atoms with Gasteiger partial charge in [-0.05, 0) is 44.2 Å². The third-order valence-corrected chi connectivity index (χ3v) is 6.96. The van der Waals surface area contributed by atoms with Gasteiger partial charge in [0.2, 0.25) is 0 Å². The maximum absolute atomic E-state index is 10.5. The van der Waals surface area contributed by atoms with Gasteiger partial charge in [0.05, 0.1) is 4.92 Å². The molecule has 0 saturated carbocycles. The molecule has 0 fully saturated rings. The average Bonchev–Trinajstić information content (AvgIpc) is 2.80. The third kappa shape index (κ3) is 13.4. The van der Waals surface area contributed by atoms with E-state index in [1.165, 1.54) is 69.4 Å². The maximum atomic E-state index is 10.5. The van der Waals surface area contributed by atoms with Crippen molar-refractivity contribution in [3.05, 3.63) is 70.3 Å². The van der Waals surface area contributed by atoms with Crippen molar-refractivity contribution in [2.24, 2.45) is 11.7 Å². The minimum atomic E-state index is -4.36. The molecule has 8 heteroatoms. The van der Waals surface area contributed by atoms with Gasteiger partial charge in [0, 0.05) is 17.7 Å². The highest BCUT2D eigenvalue weighted by Gasteiger charge is 2.24. The van der Waals surface area contributed by atoms with E-state index in [0.717, 1.165) is 24.6 Å². The van der Waals surface area contributed by atoms with Gasteiger partial charge in [-0.3, -0.25) is 14.7 Å². The molecule has 0 amide bonds. The molecule has 0 heterocycles. The monoisotopic (exact) mass is 506 g/mol. The zero-order valence-electron chi connectivity index (χ0n) is 21.4. The van der Waals surface area contributed by atoms with Crippen LogP contribution in [-0.4, -0.2) is 23.4 Å². The number of hydrogen-bond donors (Lipinski definition) is 2. The molecule has 1 unspecified atom stereocenters. The summed E-state index contributed by atoms with van der Waals surface area (Å²) in [5, 5.41) is 10.2. The van der Waals surface area contributed by atoms with E-state index in [1.807, 2.05) is 0 Å². The Kier molecular flexibility index (Phi) is 13.7. The Morgan fingerprint density at radius 3 is 2.03 bits per heavy atom. The SMILES string of the molecule is CCCCCCCCCCC(Cc1ccccc1)C(C)(C)N.O=[N+]([O-])c1cccc(S(=O)(=O)O)c1. The lowest BCUT2D eigenvalue weighted by Crippen LogP contribution is -2.42. The van der Waals surface area contributed by atoms with Crippen molar-refractivity contribution in [3.8, 4) is 0 Å². The van der Waals surface area contributed by atoms with Gasteiger partial charge in [-0.1, -0.05) is 94.7 Å². The molecule has 0 spiro atoms. The van der Waals surface area contributed by atoms with Crippen LogP contribution in [0.2, 0.25) is 0 Å². The minimum absolute atomic E-state index is 0.0863. The number of unbranched alkanes of at least 4 members (excludes halogenated alkanes) is 7. The highest BCUT2D eigenvalue weighted by molar-refractivity contribution is 7.85. The number of nitro benzene ring substituents is 1. The molecule has 0 aromatic heterocycles. The minimum Gasteiger partial charge on any atom is -0.325 e. The van der Waals surface area contributed by atoms with Crippen molar-refractivity contribution in [1.82, 2.24) is 0 Å². The van der Waals surface area contributed by atoms with Crippen LogP contribution in [0.1, 0.15) is 84.1 Å². The first-order valence-electron chi connectivity index (χ1n) is 12.5. The number of non-ortho nitro benzene ring substituents is 1. The summed E-state index contributed by atoms with van der Waals surface area (Å²) in [7, 11) is -4.36. The van der Waals surface area contributed by atoms with Crippen molar-refractivity contribution in [2.75, 3.05) is 0 Å². The Bertz CT molecular complexity index is 973. The summed E-state index contributed by atoms with van der Waals surface area (Å²) in [6.07, 6.45) is 13.5. The number of nitrogens with zero attached hydrogens (tertiary/aromatic N) is 1. The Labute approximate surface area is 211 Å². The molecule has 3 N–H and O–H groups in total. The molecule has 0 radical (unpaired) electrons. The quantitative estimate of drug-likeness (QED) is 0.124. The average molecular weight is 507 g/mol. The Morgan fingerprint density at radius 1 is 0.943 bits per heavy atom. The largest absolute Gasteiger partial charge is 0.325 e. The van der Waals surface area contributed by atoms with E-state index in [4.69, 9.17) is 10.3 Å². The van der Waals surface area contributed by atoms with Crippen molar-refractivity contribution in [3.63, 3.8) is 0 Å². The van der Waals surface area contributed by atoms with Gasteiger partial charge in [-0.25, -0.2) is 0 Å². The lowest BCUT2D eigenvalue weighted by molar-refractivity contribution is -0.385. The zero-order valence-corrected chi connectivity index (χ0v) is 22.2. The molecule has 0 aliphatic rings. The van der Waals surface area contributed by atoms with E-state index in [0.29, 0.717) is 5.92 Å². The van der Waals surface area contributed by atoms with E-state index in [-0.39, 0.29) is 11.2 Å². The molecular weight excluding hydrogens is 464 g/mol. The molecule has 0 saturated heterocycles. The Balaban J connectivity index is 0.000000400. The van der Waals surface area contributed by atoms with E-state index < -0.39 is 19.9 Å².